The molecule has 7 nitrogen and oxygen atoms in total. The lowest BCUT2D eigenvalue weighted by atomic mass is 10.0. The van der Waals surface area contributed by atoms with Crippen LogP contribution in [0.25, 0.3) is 11.4 Å². The van der Waals surface area contributed by atoms with Crippen molar-refractivity contribution < 1.29 is 12.9 Å². The molecule has 0 atom stereocenters. The summed E-state index contributed by atoms with van der Waals surface area (Å²) in [5, 5.41) is 4.04. The molecule has 152 valence electrons. The van der Waals surface area contributed by atoms with E-state index in [1.165, 1.54) is 9.87 Å². The van der Waals surface area contributed by atoms with E-state index in [0.29, 0.717) is 42.7 Å². The van der Waals surface area contributed by atoms with Gasteiger partial charge in [-0.15, -0.1) is 0 Å². The predicted molar refractivity (Wildman–Crippen MR) is 109 cm³/mol. The van der Waals surface area contributed by atoms with Crippen LogP contribution in [-0.4, -0.2) is 36.0 Å². The molecule has 4 rings (SSSR count). The van der Waals surface area contributed by atoms with E-state index in [1.54, 1.807) is 24.3 Å². The number of hydrogen-bond acceptors (Lipinski definition) is 6. The number of rotatable bonds is 7. The van der Waals surface area contributed by atoms with Crippen molar-refractivity contribution in [3.63, 3.8) is 0 Å². The maximum Gasteiger partial charge on any atom is 0.243 e. The van der Waals surface area contributed by atoms with Crippen LogP contribution in [0.2, 0.25) is 0 Å². The Morgan fingerprint density at radius 1 is 0.966 bits per heavy atom. The molecular formula is C21H24N4O3S. The van der Waals surface area contributed by atoms with Gasteiger partial charge in [-0.25, -0.2) is 8.42 Å². The van der Waals surface area contributed by atoms with Gasteiger partial charge < -0.3 is 10.3 Å². The molecule has 1 aliphatic rings. The van der Waals surface area contributed by atoms with Crippen molar-refractivity contribution in [1.82, 2.24) is 14.4 Å². The van der Waals surface area contributed by atoms with Gasteiger partial charge in [0.2, 0.25) is 21.7 Å². The monoisotopic (exact) mass is 412 g/mol. The molecule has 1 aromatic heterocycles. The van der Waals surface area contributed by atoms with Crippen molar-refractivity contribution in [2.75, 3.05) is 13.1 Å². The number of sulfonamides is 1. The third-order valence-electron chi connectivity index (χ3n) is 5.23. The van der Waals surface area contributed by atoms with E-state index in [4.69, 9.17) is 10.3 Å². The highest BCUT2D eigenvalue weighted by Crippen LogP contribution is 2.24. The first-order valence-electron chi connectivity index (χ1n) is 9.78. The van der Waals surface area contributed by atoms with Crippen molar-refractivity contribution in [3.8, 4) is 11.4 Å². The van der Waals surface area contributed by atoms with E-state index in [0.717, 1.165) is 30.4 Å². The molecule has 3 aromatic rings. The van der Waals surface area contributed by atoms with Gasteiger partial charge in [0.05, 0.1) is 4.90 Å². The third-order valence-corrected chi connectivity index (χ3v) is 7.14. The second-order valence-corrected chi connectivity index (χ2v) is 9.06. The fraction of sp³-hybridized carbons (Fsp3) is 0.333. The minimum absolute atomic E-state index is 0.297. The molecular weight excluding hydrogens is 388 g/mol. The summed E-state index contributed by atoms with van der Waals surface area (Å²) in [4.78, 5) is 4.75. The summed E-state index contributed by atoms with van der Waals surface area (Å²) in [5.74, 6) is 0.998. The molecule has 1 fully saturated rings. The lowest BCUT2D eigenvalue weighted by Crippen LogP contribution is -2.27. The van der Waals surface area contributed by atoms with E-state index in [1.807, 2.05) is 18.2 Å². The second kappa shape index (κ2) is 8.44. The molecule has 0 bridgehead atoms. The van der Waals surface area contributed by atoms with Gasteiger partial charge in [0, 0.05) is 31.6 Å². The van der Waals surface area contributed by atoms with Crippen LogP contribution in [0.3, 0.4) is 0 Å². The number of benzene rings is 2. The summed E-state index contributed by atoms with van der Waals surface area (Å²) < 4.78 is 32.2. The lowest BCUT2D eigenvalue weighted by Gasteiger charge is -2.15. The summed E-state index contributed by atoms with van der Waals surface area (Å²) >= 11 is 0. The Morgan fingerprint density at radius 2 is 1.66 bits per heavy atom. The Bertz CT molecular complexity index is 1070. The van der Waals surface area contributed by atoms with E-state index in [-0.39, 0.29) is 0 Å². The van der Waals surface area contributed by atoms with Gasteiger partial charge >= 0.3 is 0 Å². The Hall–Kier alpha value is -2.55. The molecule has 2 heterocycles. The smallest absolute Gasteiger partial charge is 0.243 e. The molecule has 0 spiro atoms. The highest BCUT2D eigenvalue weighted by Gasteiger charge is 2.27. The first-order chi connectivity index (χ1) is 14.1. The van der Waals surface area contributed by atoms with Crippen LogP contribution in [0.1, 0.15) is 29.9 Å². The Labute approximate surface area is 170 Å². The highest BCUT2D eigenvalue weighted by atomic mass is 32.2. The highest BCUT2D eigenvalue weighted by molar-refractivity contribution is 7.89. The van der Waals surface area contributed by atoms with Crippen LogP contribution >= 0.6 is 0 Å². The fourth-order valence-electron chi connectivity index (χ4n) is 3.57. The zero-order valence-corrected chi connectivity index (χ0v) is 16.9. The lowest BCUT2D eigenvalue weighted by molar-refractivity contribution is 0.379. The van der Waals surface area contributed by atoms with E-state index < -0.39 is 10.0 Å². The van der Waals surface area contributed by atoms with Gasteiger partial charge in [0.25, 0.3) is 0 Å². The first kappa shape index (κ1) is 19.8. The van der Waals surface area contributed by atoms with Gasteiger partial charge in [-0.3, -0.25) is 0 Å². The van der Waals surface area contributed by atoms with Crippen molar-refractivity contribution in [2.24, 2.45) is 5.73 Å². The first-order valence-corrected chi connectivity index (χ1v) is 11.2. The molecule has 2 N–H and O–H groups in total. The normalized spacial score (nSPS) is 15.1. The Kier molecular flexibility index (Phi) is 5.75. The number of hydrogen-bond donors (Lipinski definition) is 1. The molecule has 2 aromatic carbocycles. The van der Waals surface area contributed by atoms with Gasteiger partial charge in [0.15, 0.2) is 0 Å². The van der Waals surface area contributed by atoms with Crippen LogP contribution in [0.15, 0.2) is 57.9 Å². The predicted octanol–water partition coefficient (Wildman–Crippen LogP) is 2.77. The van der Waals surface area contributed by atoms with Crippen LogP contribution in [0.4, 0.5) is 0 Å². The number of nitrogens with two attached hydrogens (primary N) is 1. The molecule has 1 saturated heterocycles. The van der Waals surface area contributed by atoms with E-state index in [9.17, 15) is 8.42 Å². The van der Waals surface area contributed by atoms with Crippen molar-refractivity contribution >= 4 is 10.0 Å². The average Bonchev–Trinajstić information content (AvgIpc) is 3.45. The SMILES string of the molecule is NCc1ccccc1CCc1nc(-c2ccc(S(=O)(=O)N3CCCC3)cc2)no1. The van der Waals surface area contributed by atoms with Crippen molar-refractivity contribution in [1.29, 1.82) is 0 Å². The zero-order valence-electron chi connectivity index (χ0n) is 16.1. The van der Waals surface area contributed by atoms with Crippen molar-refractivity contribution in [2.45, 2.75) is 37.1 Å². The Balaban J connectivity index is 1.45. The third kappa shape index (κ3) is 4.24. The van der Waals surface area contributed by atoms with Gasteiger partial charge in [-0.2, -0.15) is 9.29 Å². The molecule has 29 heavy (non-hydrogen) atoms. The molecule has 1 aliphatic heterocycles. The fourth-order valence-corrected chi connectivity index (χ4v) is 5.09. The molecule has 0 radical (unpaired) electrons. The number of aryl methyl sites for hydroxylation is 2. The van der Waals surface area contributed by atoms with Crippen LogP contribution in [0, 0.1) is 0 Å². The largest absolute Gasteiger partial charge is 0.339 e. The van der Waals surface area contributed by atoms with Crippen LogP contribution in [-0.2, 0) is 29.4 Å². The summed E-state index contributed by atoms with van der Waals surface area (Å²) in [5.41, 5.74) is 8.80. The average molecular weight is 413 g/mol. The van der Waals surface area contributed by atoms with Crippen molar-refractivity contribution in [3.05, 3.63) is 65.5 Å². The Morgan fingerprint density at radius 3 is 2.34 bits per heavy atom. The van der Waals surface area contributed by atoms with E-state index in [2.05, 4.69) is 16.2 Å². The summed E-state index contributed by atoms with van der Waals surface area (Å²) in [7, 11) is -3.42. The molecule has 0 amide bonds. The maximum absolute atomic E-state index is 12.6. The molecule has 0 aliphatic carbocycles. The quantitative estimate of drug-likeness (QED) is 0.640. The van der Waals surface area contributed by atoms with E-state index >= 15 is 0 Å². The maximum atomic E-state index is 12.6. The summed E-state index contributed by atoms with van der Waals surface area (Å²) in [6.45, 7) is 1.68. The summed E-state index contributed by atoms with van der Waals surface area (Å²) in [6, 6.07) is 14.7. The number of aromatic nitrogens is 2. The van der Waals surface area contributed by atoms with Crippen LogP contribution < -0.4 is 5.73 Å². The minimum Gasteiger partial charge on any atom is -0.339 e. The second-order valence-electron chi connectivity index (χ2n) is 7.12. The van der Waals surface area contributed by atoms with Gasteiger partial charge in [0.1, 0.15) is 0 Å². The van der Waals surface area contributed by atoms with Gasteiger partial charge in [-0.1, -0.05) is 29.4 Å². The zero-order chi connectivity index (χ0) is 20.3. The van der Waals surface area contributed by atoms with Gasteiger partial charge in [-0.05, 0) is 54.7 Å². The number of nitrogens with zero attached hydrogens (tertiary/aromatic N) is 3. The minimum atomic E-state index is -3.42. The molecule has 0 unspecified atom stereocenters. The van der Waals surface area contributed by atoms with Crippen LogP contribution in [0.5, 0.6) is 0 Å². The topological polar surface area (TPSA) is 102 Å². The summed E-state index contributed by atoms with van der Waals surface area (Å²) in [6.07, 6.45) is 3.21. The molecule has 0 saturated carbocycles. The standard InChI is InChI=1S/C21H24N4O3S/c22-15-18-6-2-1-5-16(18)9-12-20-23-21(24-28-20)17-7-10-19(11-8-17)29(26,27)25-13-3-4-14-25/h1-2,5-8,10-11H,3-4,9,12-15,22H2. The molecule has 8 heteroatoms.